The number of allylic oxidation sites excluding steroid dienone is 2. The SMILES string of the molecule is C[C@@H]1C2C=CC(C2CO[I-]C(=O)c2ccccc2)[C@H]1C. The topological polar surface area (TPSA) is 26.3 Å². The molecule has 2 bridgehead atoms. The molecule has 1 aromatic carbocycles. The van der Waals surface area contributed by atoms with Crippen LogP contribution in [0.1, 0.15) is 24.2 Å². The molecule has 4 atom stereocenters. The van der Waals surface area contributed by atoms with E-state index < -0.39 is 21.6 Å². The summed E-state index contributed by atoms with van der Waals surface area (Å²) in [5, 5.41) is 0. The molecule has 2 nitrogen and oxygen atoms in total. The standard InChI is InChI=1S/C17H20IO2/c1-11-12(2)15-9-8-14(11)16(15)10-20-18-17(19)13-6-4-3-5-7-13/h3-9,11-12,14-16H,10H2,1-2H3/q-1/t11-,12-,14?,15?,16?/m0/s1. The van der Waals surface area contributed by atoms with Gasteiger partial charge in [0.15, 0.2) is 0 Å². The van der Waals surface area contributed by atoms with E-state index >= 15 is 0 Å². The molecule has 3 rings (SSSR count). The average molecular weight is 383 g/mol. The molecule has 2 aliphatic rings. The van der Waals surface area contributed by atoms with Crippen LogP contribution in [0.4, 0.5) is 0 Å². The first-order valence-corrected chi connectivity index (χ1v) is 9.19. The van der Waals surface area contributed by atoms with Gasteiger partial charge in [0.25, 0.3) is 0 Å². The van der Waals surface area contributed by atoms with E-state index in [4.69, 9.17) is 3.07 Å². The van der Waals surface area contributed by atoms with Gasteiger partial charge in [-0.25, -0.2) is 0 Å². The van der Waals surface area contributed by atoms with Gasteiger partial charge in [-0.05, 0) is 0 Å². The summed E-state index contributed by atoms with van der Waals surface area (Å²) in [7, 11) is 0. The summed E-state index contributed by atoms with van der Waals surface area (Å²) in [5.41, 5.74) is 0.787. The van der Waals surface area contributed by atoms with E-state index in [2.05, 4.69) is 26.0 Å². The van der Waals surface area contributed by atoms with Gasteiger partial charge in [0.05, 0.1) is 0 Å². The third-order valence-corrected chi connectivity index (χ3v) is 6.66. The molecule has 2 unspecified atom stereocenters. The quantitative estimate of drug-likeness (QED) is 0.422. The second-order valence-corrected chi connectivity index (χ2v) is 7.96. The maximum absolute atomic E-state index is 12.0. The molecule has 20 heavy (non-hydrogen) atoms. The molecule has 0 N–H and O–H groups in total. The average Bonchev–Trinajstić information content (AvgIpc) is 2.98. The third-order valence-electron chi connectivity index (χ3n) is 4.97. The predicted octanol–water partition coefficient (Wildman–Crippen LogP) is 0.552. The van der Waals surface area contributed by atoms with Gasteiger partial charge in [-0.3, -0.25) is 0 Å². The molecule has 0 aliphatic heterocycles. The van der Waals surface area contributed by atoms with Gasteiger partial charge < -0.3 is 0 Å². The fourth-order valence-corrected chi connectivity index (χ4v) is 5.11. The van der Waals surface area contributed by atoms with Crippen molar-refractivity contribution in [2.75, 3.05) is 6.61 Å². The minimum absolute atomic E-state index is 0.184. The first-order chi connectivity index (χ1) is 9.68. The van der Waals surface area contributed by atoms with Crippen molar-refractivity contribution in [1.29, 1.82) is 0 Å². The van der Waals surface area contributed by atoms with Crippen LogP contribution in [0, 0.1) is 29.6 Å². The Morgan fingerprint density at radius 2 is 1.70 bits per heavy atom. The van der Waals surface area contributed by atoms with Gasteiger partial charge in [0, 0.05) is 0 Å². The van der Waals surface area contributed by atoms with Crippen molar-refractivity contribution < 1.29 is 29.5 Å². The third kappa shape index (κ3) is 2.58. The van der Waals surface area contributed by atoms with Crippen molar-refractivity contribution in [3.05, 3.63) is 48.0 Å². The van der Waals surface area contributed by atoms with E-state index in [9.17, 15) is 4.79 Å². The van der Waals surface area contributed by atoms with Crippen LogP contribution in [-0.2, 0) is 3.07 Å². The van der Waals surface area contributed by atoms with Gasteiger partial charge in [-0.15, -0.1) is 0 Å². The molecule has 1 fully saturated rings. The van der Waals surface area contributed by atoms with Crippen molar-refractivity contribution in [2.45, 2.75) is 13.8 Å². The molecule has 0 amide bonds. The van der Waals surface area contributed by atoms with Crippen LogP contribution in [-0.4, -0.2) is 10.4 Å². The zero-order valence-corrected chi connectivity index (χ0v) is 14.0. The van der Waals surface area contributed by atoms with E-state index in [1.165, 1.54) is 0 Å². The predicted molar refractivity (Wildman–Crippen MR) is 74.7 cm³/mol. The number of carbonyl (C=O) groups excluding carboxylic acids is 1. The summed E-state index contributed by atoms with van der Waals surface area (Å²) in [4.78, 5) is 12.0. The first kappa shape index (κ1) is 14.3. The van der Waals surface area contributed by atoms with E-state index in [1.807, 2.05) is 30.3 Å². The number of rotatable bonds is 5. The number of fused-ring (bicyclic) bond motifs is 2. The molecule has 0 saturated heterocycles. The van der Waals surface area contributed by atoms with Gasteiger partial charge in [0.1, 0.15) is 0 Å². The van der Waals surface area contributed by atoms with Crippen LogP contribution in [0.5, 0.6) is 0 Å². The zero-order chi connectivity index (χ0) is 14.1. The Balaban J connectivity index is 1.51. The summed E-state index contributed by atoms with van der Waals surface area (Å²) in [5.74, 6) is 3.42. The van der Waals surface area contributed by atoms with Crippen molar-refractivity contribution in [2.24, 2.45) is 29.6 Å². The van der Waals surface area contributed by atoms with E-state index in [-0.39, 0.29) is 3.79 Å². The van der Waals surface area contributed by atoms with Crippen molar-refractivity contribution >= 4 is 3.79 Å². The minimum atomic E-state index is -0.841. The molecule has 1 aromatic rings. The monoisotopic (exact) mass is 383 g/mol. The molecule has 1 saturated carbocycles. The fourth-order valence-electron chi connectivity index (χ4n) is 3.62. The van der Waals surface area contributed by atoms with Crippen molar-refractivity contribution in [1.82, 2.24) is 0 Å². The molecular weight excluding hydrogens is 363 g/mol. The Labute approximate surface area is 131 Å². The maximum atomic E-state index is 12.0. The summed E-state index contributed by atoms with van der Waals surface area (Å²) in [6.45, 7) is 5.44. The van der Waals surface area contributed by atoms with Crippen molar-refractivity contribution in [3.8, 4) is 0 Å². The van der Waals surface area contributed by atoms with E-state index in [1.54, 1.807) is 0 Å². The molecule has 0 aromatic heterocycles. The van der Waals surface area contributed by atoms with E-state index in [0.717, 1.165) is 24.0 Å². The zero-order valence-electron chi connectivity index (χ0n) is 11.8. The van der Waals surface area contributed by atoms with Crippen LogP contribution in [0.3, 0.4) is 0 Å². The van der Waals surface area contributed by atoms with Gasteiger partial charge in [0.2, 0.25) is 0 Å². The second kappa shape index (κ2) is 5.98. The molecule has 0 spiro atoms. The van der Waals surface area contributed by atoms with Crippen LogP contribution in [0.25, 0.3) is 0 Å². The normalized spacial score (nSPS) is 34.8. The van der Waals surface area contributed by atoms with Gasteiger partial charge in [-0.2, -0.15) is 0 Å². The number of hydrogen-bond acceptors (Lipinski definition) is 2. The second-order valence-electron chi connectivity index (χ2n) is 5.91. The molecule has 2 aliphatic carbocycles. The summed E-state index contributed by atoms with van der Waals surface area (Å²) < 4.78 is 6.02. The van der Waals surface area contributed by atoms with Crippen LogP contribution < -0.4 is 21.6 Å². The van der Waals surface area contributed by atoms with Crippen LogP contribution >= 0.6 is 0 Å². The molecule has 0 radical (unpaired) electrons. The van der Waals surface area contributed by atoms with Crippen LogP contribution in [0.15, 0.2) is 42.5 Å². The first-order valence-electron chi connectivity index (χ1n) is 7.23. The Morgan fingerprint density at radius 3 is 2.30 bits per heavy atom. The molecular formula is C17H20IO2-. The Bertz CT molecular complexity index is 493. The van der Waals surface area contributed by atoms with Crippen LogP contribution in [0.2, 0.25) is 0 Å². The molecule has 0 heterocycles. The fraction of sp³-hybridized carbons (Fsp3) is 0.471. The summed E-state index contributed by atoms with van der Waals surface area (Å²) in [6.07, 6.45) is 4.72. The Hall–Kier alpha value is -0.680. The summed E-state index contributed by atoms with van der Waals surface area (Å²) in [6, 6.07) is 9.48. The number of hydrogen-bond donors (Lipinski definition) is 0. The van der Waals surface area contributed by atoms with Crippen molar-refractivity contribution in [3.63, 3.8) is 0 Å². The van der Waals surface area contributed by atoms with Gasteiger partial charge >= 0.3 is 131 Å². The van der Waals surface area contributed by atoms with E-state index in [0.29, 0.717) is 17.8 Å². The summed E-state index contributed by atoms with van der Waals surface area (Å²) >= 11 is -0.841. The Morgan fingerprint density at radius 1 is 1.10 bits per heavy atom. The molecule has 3 heteroatoms. The number of benzene rings is 1. The number of carbonyl (C=O) groups is 1. The Kier molecular flexibility index (Phi) is 4.26. The molecule has 108 valence electrons. The van der Waals surface area contributed by atoms with Gasteiger partial charge in [-0.1, -0.05) is 0 Å². The number of halogens is 1.